The number of aromatic nitrogens is 2. The molecule has 8 heteroatoms. The van der Waals surface area contributed by atoms with Crippen LogP contribution in [0.25, 0.3) is 10.2 Å². The maximum absolute atomic E-state index is 12.3. The normalized spacial score (nSPS) is 11.0. The summed E-state index contributed by atoms with van der Waals surface area (Å²) in [6.07, 6.45) is 1.89. The van der Waals surface area contributed by atoms with E-state index in [0.29, 0.717) is 23.0 Å². The van der Waals surface area contributed by atoms with E-state index in [9.17, 15) is 9.59 Å². The highest BCUT2D eigenvalue weighted by atomic mass is 35.5. The number of fused-ring (bicyclic) bond motifs is 1. The van der Waals surface area contributed by atoms with Crippen LogP contribution in [0.1, 0.15) is 40.7 Å². The van der Waals surface area contributed by atoms with Gasteiger partial charge >= 0.3 is 5.97 Å². The number of nitrogens with one attached hydrogen (secondary N) is 1. The molecule has 1 aromatic carbocycles. The summed E-state index contributed by atoms with van der Waals surface area (Å²) in [6, 6.07) is 9.37. The molecule has 2 aromatic heterocycles. The number of aryl methyl sites for hydroxylation is 1. The van der Waals surface area contributed by atoms with Gasteiger partial charge < -0.3 is 10.1 Å². The zero-order valence-electron chi connectivity index (χ0n) is 15.8. The van der Waals surface area contributed by atoms with Crippen molar-refractivity contribution in [2.75, 3.05) is 13.2 Å². The standard InChI is InChI=1S/C20H22ClN3O3S/c1-3-4-9-22-18(25)12-27-20(26)17-10-15-13(2)23-24(19(15)28-17)11-14-7-5-6-8-16(14)21/h5-8,10H,3-4,9,11-12H2,1-2H3,(H,22,25). The largest absolute Gasteiger partial charge is 0.451 e. The molecule has 0 saturated carbocycles. The van der Waals surface area contributed by atoms with E-state index >= 15 is 0 Å². The van der Waals surface area contributed by atoms with Crippen molar-refractivity contribution in [3.8, 4) is 0 Å². The third-order valence-electron chi connectivity index (χ3n) is 4.27. The Hall–Kier alpha value is -2.38. The number of carbonyl (C=O) groups is 2. The van der Waals surface area contributed by atoms with Crippen LogP contribution in [0.3, 0.4) is 0 Å². The summed E-state index contributed by atoms with van der Waals surface area (Å²) < 4.78 is 6.98. The Labute approximate surface area is 172 Å². The molecule has 6 nitrogen and oxygen atoms in total. The fraction of sp³-hybridized carbons (Fsp3) is 0.350. The van der Waals surface area contributed by atoms with Crippen LogP contribution in [0.2, 0.25) is 5.02 Å². The lowest BCUT2D eigenvalue weighted by Crippen LogP contribution is -2.29. The van der Waals surface area contributed by atoms with Gasteiger partial charge in [-0.05, 0) is 31.0 Å². The van der Waals surface area contributed by atoms with Gasteiger partial charge in [-0.3, -0.25) is 9.48 Å². The number of amides is 1. The van der Waals surface area contributed by atoms with Crippen LogP contribution in [0.15, 0.2) is 30.3 Å². The van der Waals surface area contributed by atoms with Crippen LogP contribution >= 0.6 is 22.9 Å². The van der Waals surface area contributed by atoms with Crippen LogP contribution in [0, 0.1) is 6.92 Å². The number of thiophene rings is 1. The molecule has 0 aliphatic carbocycles. The topological polar surface area (TPSA) is 73.2 Å². The van der Waals surface area contributed by atoms with E-state index in [1.165, 1.54) is 11.3 Å². The van der Waals surface area contributed by atoms with Gasteiger partial charge in [0.25, 0.3) is 5.91 Å². The lowest BCUT2D eigenvalue weighted by Gasteiger charge is -2.05. The van der Waals surface area contributed by atoms with Gasteiger partial charge in [0.05, 0.1) is 12.2 Å². The second-order valence-corrected chi connectivity index (χ2v) is 7.88. The van der Waals surface area contributed by atoms with Gasteiger partial charge in [-0.1, -0.05) is 43.1 Å². The van der Waals surface area contributed by atoms with Crippen molar-refractivity contribution in [1.82, 2.24) is 15.1 Å². The average Bonchev–Trinajstić information content (AvgIpc) is 3.23. The molecule has 0 bridgehead atoms. The Balaban J connectivity index is 1.71. The Kier molecular flexibility index (Phi) is 6.70. The number of rotatable bonds is 8. The van der Waals surface area contributed by atoms with Crippen molar-refractivity contribution >= 4 is 45.0 Å². The van der Waals surface area contributed by atoms with E-state index in [2.05, 4.69) is 10.4 Å². The number of unbranched alkanes of at least 4 members (excludes halogenated alkanes) is 1. The summed E-state index contributed by atoms with van der Waals surface area (Å²) in [6.45, 7) is 4.77. The minimum Gasteiger partial charge on any atom is -0.451 e. The molecule has 3 aromatic rings. The molecule has 28 heavy (non-hydrogen) atoms. The highest BCUT2D eigenvalue weighted by Gasteiger charge is 2.18. The summed E-state index contributed by atoms with van der Waals surface area (Å²) in [5.74, 6) is -0.792. The maximum Gasteiger partial charge on any atom is 0.348 e. The zero-order valence-corrected chi connectivity index (χ0v) is 17.4. The smallest absolute Gasteiger partial charge is 0.348 e. The number of nitrogens with zero attached hydrogens (tertiary/aromatic N) is 2. The molecular formula is C20H22ClN3O3S. The SMILES string of the molecule is CCCCNC(=O)COC(=O)c1cc2c(C)nn(Cc3ccccc3Cl)c2s1. The van der Waals surface area contributed by atoms with Gasteiger partial charge in [-0.15, -0.1) is 11.3 Å². The highest BCUT2D eigenvalue weighted by Crippen LogP contribution is 2.30. The van der Waals surface area contributed by atoms with Crippen molar-refractivity contribution in [3.63, 3.8) is 0 Å². The van der Waals surface area contributed by atoms with Gasteiger partial charge in [0, 0.05) is 17.0 Å². The van der Waals surface area contributed by atoms with Crippen molar-refractivity contribution in [1.29, 1.82) is 0 Å². The Morgan fingerprint density at radius 1 is 1.32 bits per heavy atom. The first-order chi connectivity index (χ1) is 13.5. The molecule has 2 heterocycles. The van der Waals surface area contributed by atoms with E-state index in [1.54, 1.807) is 6.07 Å². The maximum atomic E-state index is 12.3. The lowest BCUT2D eigenvalue weighted by molar-refractivity contribution is -0.124. The van der Waals surface area contributed by atoms with Crippen LogP contribution in [0.5, 0.6) is 0 Å². The lowest BCUT2D eigenvalue weighted by atomic mass is 10.2. The number of esters is 1. The first kappa shape index (κ1) is 20.4. The van der Waals surface area contributed by atoms with Gasteiger partial charge in [0.15, 0.2) is 6.61 Å². The first-order valence-electron chi connectivity index (χ1n) is 9.13. The number of ether oxygens (including phenoxy) is 1. The number of hydrogen-bond acceptors (Lipinski definition) is 5. The van der Waals surface area contributed by atoms with Crippen LogP contribution in [-0.4, -0.2) is 34.8 Å². The second kappa shape index (κ2) is 9.21. The van der Waals surface area contributed by atoms with Gasteiger partial charge in [0.2, 0.25) is 0 Å². The first-order valence-corrected chi connectivity index (χ1v) is 10.3. The molecule has 0 fully saturated rings. The van der Waals surface area contributed by atoms with Crippen molar-refractivity contribution in [2.24, 2.45) is 0 Å². The molecule has 3 rings (SSSR count). The van der Waals surface area contributed by atoms with Gasteiger partial charge in [0.1, 0.15) is 9.71 Å². The monoisotopic (exact) mass is 419 g/mol. The fourth-order valence-electron chi connectivity index (χ4n) is 2.77. The fourth-order valence-corrected chi connectivity index (χ4v) is 4.02. The number of hydrogen-bond donors (Lipinski definition) is 1. The van der Waals surface area contributed by atoms with E-state index in [0.717, 1.165) is 34.3 Å². The van der Waals surface area contributed by atoms with Crippen LogP contribution in [0.4, 0.5) is 0 Å². The Morgan fingerprint density at radius 3 is 2.86 bits per heavy atom. The zero-order chi connectivity index (χ0) is 20.1. The summed E-state index contributed by atoms with van der Waals surface area (Å²) >= 11 is 7.56. The molecule has 0 atom stereocenters. The predicted molar refractivity (Wildman–Crippen MR) is 111 cm³/mol. The van der Waals surface area contributed by atoms with E-state index in [4.69, 9.17) is 16.3 Å². The van der Waals surface area contributed by atoms with E-state index in [1.807, 2.05) is 42.8 Å². The summed E-state index contributed by atoms with van der Waals surface area (Å²) in [5, 5.41) is 8.85. The molecule has 0 radical (unpaired) electrons. The molecule has 0 aliphatic rings. The number of carbonyl (C=O) groups excluding carboxylic acids is 2. The van der Waals surface area contributed by atoms with Gasteiger partial charge in [-0.25, -0.2) is 4.79 Å². The molecule has 0 aliphatic heterocycles. The quantitative estimate of drug-likeness (QED) is 0.439. The van der Waals surface area contributed by atoms with Crippen molar-refractivity contribution in [3.05, 3.63) is 51.5 Å². The molecular weight excluding hydrogens is 398 g/mol. The third-order valence-corrected chi connectivity index (χ3v) is 5.77. The van der Waals surface area contributed by atoms with Crippen LogP contribution in [-0.2, 0) is 16.1 Å². The third kappa shape index (κ3) is 4.72. The molecule has 0 unspecified atom stereocenters. The van der Waals surface area contributed by atoms with Crippen molar-refractivity contribution in [2.45, 2.75) is 33.2 Å². The van der Waals surface area contributed by atoms with E-state index in [-0.39, 0.29) is 12.5 Å². The Morgan fingerprint density at radius 2 is 2.11 bits per heavy atom. The van der Waals surface area contributed by atoms with Gasteiger partial charge in [-0.2, -0.15) is 5.10 Å². The molecule has 0 spiro atoms. The summed E-state index contributed by atoms with van der Waals surface area (Å²) in [4.78, 5) is 25.4. The number of halogens is 1. The number of benzene rings is 1. The average molecular weight is 420 g/mol. The predicted octanol–water partition coefficient (Wildman–Crippen LogP) is 4.18. The van der Waals surface area contributed by atoms with Crippen LogP contribution < -0.4 is 5.32 Å². The molecule has 1 N–H and O–H groups in total. The molecule has 1 amide bonds. The minimum atomic E-state index is -0.504. The molecule has 148 valence electrons. The van der Waals surface area contributed by atoms with Crippen molar-refractivity contribution < 1.29 is 14.3 Å². The van der Waals surface area contributed by atoms with E-state index < -0.39 is 5.97 Å². The summed E-state index contributed by atoms with van der Waals surface area (Å²) in [7, 11) is 0. The molecule has 0 saturated heterocycles. The summed E-state index contributed by atoms with van der Waals surface area (Å²) in [5.41, 5.74) is 1.78. The highest BCUT2D eigenvalue weighted by molar-refractivity contribution is 7.20. The Bertz CT molecular complexity index is 996. The minimum absolute atomic E-state index is 0.276. The second-order valence-electron chi connectivity index (χ2n) is 6.44.